The van der Waals surface area contributed by atoms with Crippen molar-refractivity contribution < 1.29 is 8.42 Å². The van der Waals surface area contributed by atoms with Crippen LogP contribution in [-0.4, -0.2) is 8.42 Å². The molecule has 5 heteroatoms. The number of rotatable bonds is 2. The Labute approximate surface area is 68.3 Å². The maximum atomic E-state index is 11.0. The Hall–Kier alpha value is -0.810. The Kier molecular flexibility index (Phi) is 2.31. The standard InChI is InChI=1S/C6H6NO2S2/c7-10-11(8,9)6-4-2-1-3-5-6/h1-5,7H/q+1. The van der Waals surface area contributed by atoms with Gasteiger partial charge in [-0.15, -0.1) is 0 Å². The van der Waals surface area contributed by atoms with Gasteiger partial charge in [-0.1, -0.05) is 18.2 Å². The van der Waals surface area contributed by atoms with E-state index >= 15 is 0 Å². The summed E-state index contributed by atoms with van der Waals surface area (Å²) in [5.41, 5.74) is 0. The minimum absolute atomic E-state index is 0.102. The van der Waals surface area contributed by atoms with Gasteiger partial charge in [0.1, 0.15) is 4.90 Å². The van der Waals surface area contributed by atoms with E-state index in [2.05, 4.69) is 0 Å². The van der Waals surface area contributed by atoms with Crippen LogP contribution in [0.4, 0.5) is 0 Å². The zero-order valence-corrected chi connectivity index (χ0v) is 7.15. The van der Waals surface area contributed by atoms with E-state index in [4.69, 9.17) is 4.78 Å². The van der Waals surface area contributed by atoms with Crippen molar-refractivity contribution in [2.45, 2.75) is 4.90 Å². The van der Waals surface area contributed by atoms with Gasteiger partial charge in [-0.05, 0) is 16.9 Å². The van der Waals surface area contributed by atoms with Crippen molar-refractivity contribution in [1.82, 2.24) is 0 Å². The third-order valence-corrected chi connectivity index (χ3v) is 3.45. The van der Waals surface area contributed by atoms with Crippen LogP contribution < -0.4 is 0 Å². The van der Waals surface area contributed by atoms with Gasteiger partial charge in [0.05, 0.1) is 0 Å². The third-order valence-electron chi connectivity index (χ3n) is 1.14. The molecule has 0 aromatic heterocycles. The normalized spacial score (nSPS) is 10.9. The average Bonchev–Trinajstić information content (AvgIpc) is 2.06. The van der Waals surface area contributed by atoms with E-state index < -0.39 is 8.87 Å². The van der Waals surface area contributed by atoms with Crippen molar-refractivity contribution in [2.24, 2.45) is 0 Å². The van der Waals surface area contributed by atoms with Gasteiger partial charge in [0.15, 0.2) is 0 Å². The van der Waals surface area contributed by atoms with E-state index in [1.807, 2.05) is 0 Å². The molecule has 1 rings (SSSR count). The van der Waals surface area contributed by atoms with Gasteiger partial charge in [0, 0.05) is 0 Å². The van der Waals surface area contributed by atoms with Crippen LogP contribution in [0.15, 0.2) is 35.2 Å². The van der Waals surface area contributed by atoms with Crippen molar-refractivity contribution in [3.05, 3.63) is 30.3 Å². The molecular formula is C6H6NO2S2+. The third kappa shape index (κ3) is 1.81. The lowest BCUT2D eigenvalue weighted by Crippen LogP contribution is -1.95. The predicted octanol–water partition coefficient (Wildman–Crippen LogP) is 1.22. The van der Waals surface area contributed by atoms with Gasteiger partial charge < -0.3 is 0 Å². The summed E-state index contributed by atoms with van der Waals surface area (Å²) >= 11 is 0. The molecule has 0 aliphatic carbocycles. The lowest BCUT2D eigenvalue weighted by Gasteiger charge is -1.85. The minimum atomic E-state index is -3.41. The maximum absolute atomic E-state index is 11.0. The maximum Gasteiger partial charge on any atom is 0.460 e. The molecule has 0 heterocycles. The summed E-state index contributed by atoms with van der Waals surface area (Å²) in [4.78, 5) is 0.181. The molecule has 1 aromatic rings. The van der Waals surface area contributed by atoms with Gasteiger partial charge in [0.2, 0.25) is 0 Å². The van der Waals surface area contributed by atoms with Crippen molar-refractivity contribution in [1.29, 1.82) is 4.78 Å². The Morgan fingerprint density at radius 2 is 1.73 bits per heavy atom. The highest BCUT2D eigenvalue weighted by atomic mass is 33.1. The molecule has 0 amide bonds. The molecule has 0 bridgehead atoms. The first-order valence-electron chi connectivity index (χ1n) is 2.82. The zero-order chi connectivity index (χ0) is 8.32. The van der Waals surface area contributed by atoms with Crippen LogP contribution in [0.25, 0.3) is 0 Å². The van der Waals surface area contributed by atoms with Gasteiger partial charge >= 0.3 is 19.5 Å². The molecule has 1 N–H and O–H groups in total. The van der Waals surface area contributed by atoms with Crippen LogP contribution in [0.3, 0.4) is 0 Å². The van der Waals surface area contributed by atoms with Crippen molar-refractivity contribution in [3.63, 3.8) is 0 Å². The Morgan fingerprint density at radius 3 is 2.18 bits per heavy atom. The summed E-state index contributed by atoms with van der Waals surface area (Å²) in [5, 5.41) is 0. The summed E-state index contributed by atoms with van der Waals surface area (Å²) in [6.45, 7) is 0. The number of hydrogen-bond acceptors (Lipinski definition) is 3. The second-order valence-electron chi connectivity index (χ2n) is 1.85. The minimum Gasteiger partial charge on any atom is -0.161 e. The van der Waals surface area contributed by atoms with Gasteiger partial charge in [-0.2, -0.15) is 8.42 Å². The van der Waals surface area contributed by atoms with Gasteiger partial charge in [-0.3, -0.25) is 0 Å². The van der Waals surface area contributed by atoms with Crippen molar-refractivity contribution in [3.8, 4) is 0 Å². The monoisotopic (exact) mass is 188 g/mol. The van der Waals surface area contributed by atoms with Crippen LogP contribution in [0, 0.1) is 4.78 Å². The van der Waals surface area contributed by atoms with Gasteiger partial charge in [-0.25, -0.2) is 0 Å². The first-order valence-corrected chi connectivity index (χ1v) is 5.64. The van der Waals surface area contributed by atoms with Crippen LogP contribution in [0.1, 0.15) is 0 Å². The van der Waals surface area contributed by atoms with Crippen LogP contribution >= 0.6 is 0 Å². The van der Waals surface area contributed by atoms with Crippen LogP contribution in [-0.2, 0) is 19.5 Å². The molecular weight excluding hydrogens is 182 g/mol. The van der Waals surface area contributed by atoms with E-state index in [-0.39, 0.29) is 15.5 Å². The SMILES string of the molecule is N=[S+]S(=O)(=O)c1ccccc1. The average molecular weight is 188 g/mol. The van der Waals surface area contributed by atoms with Crippen LogP contribution in [0.2, 0.25) is 0 Å². The van der Waals surface area contributed by atoms with Crippen molar-refractivity contribution in [2.75, 3.05) is 0 Å². The molecule has 0 aliphatic rings. The highest BCUT2D eigenvalue weighted by Gasteiger charge is 2.23. The molecule has 0 fully saturated rings. The fourth-order valence-electron chi connectivity index (χ4n) is 0.635. The molecule has 0 radical (unpaired) electrons. The van der Waals surface area contributed by atoms with E-state index in [9.17, 15) is 8.42 Å². The fourth-order valence-corrected chi connectivity index (χ4v) is 1.84. The fraction of sp³-hybridized carbons (Fsp3) is 0. The summed E-state index contributed by atoms with van der Waals surface area (Å²) in [7, 11) is -3.31. The topological polar surface area (TPSA) is 58.0 Å². The quantitative estimate of drug-likeness (QED) is 0.560. The second-order valence-corrected chi connectivity index (χ2v) is 5.21. The summed E-state index contributed by atoms with van der Waals surface area (Å²) in [6.07, 6.45) is 0. The number of hydrogen-bond donors (Lipinski definition) is 1. The molecule has 11 heavy (non-hydrogen) atoms. The summed E-state index contributed by atoms with van der Waals surface area (Å²) in [5.74, 6) is 0. The first kappa shape index (κ1) is 8.29. The summed E-state index contributed by atoms with van der Waals surface area (Å²) < 4.78 is 28.6. The van der Waals surface area contributed by atoms with Gasteiger partial charge in [0.25, 0.3) is 0 Å². The lowest BCUT2D eigenvalue weighted by atomic mass is 10.4. The van der Waals surface area contributed by atoms with Crippen molar-refractivity contribution >= 4 is 19.5 Å². The molecule has 0 spiro atoms. The Morgan fingerprint density at radius 1 is 1.18 bits per heavy atom. The Bertz CT molecular complexity index is 344. The lowest BCUT2D eigenvalue weighted by molar-refractivity contribution is 0.610. The smallest absolute Gasteiger partial charge is 0.161 e. The van der Waals surface area contributed by atoms with E-state index in [0.29, 0.717) is 0 Å². The molecule has 0 atom stereocenters. The molecule has 1 aromatic carbocycles. The molecule has 0 aliphatic heterocycles. The molecule has 0 unspecified atom stereocenters. The molecule has 58 valence electrons. The number of nitrogens with one attached hydrogen (secondary N) is 1. The first-order chi connectivity index (χ1) is 5.17. The highest BCUT2D eigenvalue weighted by Crippen LogP contribution is 2.08. The van der Waals surface area contributed by atoms with Crippen LogP contribution in [0.5, 0.6) is 0 Å². The summed E-state index contributed by atoms with van der Waals surface area (Å²) in [6, 6.07) is 7.92. The van der Waals surface area contributed by atoms with E-state index in [1.165, 1.54) is 12.1 Å². The number of benzene rings is 1. The molecule has 0 saturated heterocycles. The molecule has 0 saturated carbocycles. The molecule has 3 nitrogen and oxygen atoms in total. The van der Waals surface area contributed by atoms with E-state index in [1.54, 1.807) is 18.2 Å². The largest absolute Gasteiger partial charge is 0.460 e. The predicted molar refractivity (Wildman–Crippen MR) is 43.7 cm³/mol. The highest BCUT2D eigenvalue weighted by molar-refractivity contribution is 8.56. The zero-order valence-electron chi connectivity index (χ0n) is 5.52. The Balaban J connectivity index is 3.24. The van der Waals surface area contributed by atoms with E-state index in [0.717, 1.165) is 0 Å². The second kappa shape index (κ2) is 3.06.